The van der Waals surface area contributed by atoms with E-state index in [2.05, 4.69) is 35.1 Å². The first-order valence-corrected chi connectivity index (χ1v) is 6.30. The molecule has 98 valence electrons. The molecule has 1 aromatic heterocycles. The van der Waals surface area contributed by atoms with Gasteiger partial charge in [-0.3, -0.25) is 0 Å². The fourth-order valence-corrected chi connectivity index (χ4v) is 1.66. The van der Waals surface area contributed by atoms with E-state index in [9.17, 15) is 0 Å². The summed E-state index contributed by atoms with van der Waals surface area (Å²) < 4.78 is 12.6. The van der Waals surface area contributed by atoms with Gasteiger partial charge in [0.15, 0.2) is 0 Å². The molecule has 4 nitrogen and oxygen atoms in total. The molecule has 0 atom stereocenters. The average molecular weight is 240 g/mol. The van der Waals surface area contributed by atoms with Crippen molar-refractivity contribution in [1.29, 1.82) is 0 Å². The Bertz CT molecular complexity index is 287. The van der Waals surface area contributed by atoms with Gasteiger partial charge in [0.1, 0.15) is 0 Å². The van der Waals surface area contributed by atoms with Gasteiger partial charge in [0.05, 0.1) is 13.2 Å². The van der Waals surface area contributed by atoms with Gasteiger partial charge in [-0.15, -0.1) is 0 Å². The minimum atomic E-state index is 0.676. The number of nitrogens with one attached hydrogen (secondary N) is 1. The second-order valence-electron chi connectivity index (χ2n) is 3.93. The Hall–Kier alpha value is -0.840. The van der Waals surface area contributed by atoms with E-state index >= 15 is 0 Å². The molecule has 0 amide bonds. The fourth-order valence-electron chi connectivity index (χ4n) is 1.66. The Morgan fingerprint density at radius 1 is 1.29 bits per heavy atom. The molecule has 0 saturated carbocycles. The largest absolute Gasteiger partial charge is 0.382 e. The van der Waals surface area contributed by atoms with E-state index in [0.29, 0.717) is 13.2 Å². The first-order valence-electron chi connectivity index (χ1n) is 6.30. The third kappa shape index (κ3) is 5.86. The lowest BCUT2D eigenvalue weighted by atomic mass is 10.4. The van der Waals surface area contributed by atoms with Crippen molar-refractivity contribution in [3.05, 3.63) is 24.0 Å². The normalized spacial score (nSPS) is 10.9. The molecule has 4 heteroatoms. The maximum absolute atomic E-state index is 5.44. The molecule has 0 aliphatic carbocycles. The van der Waals surface area contributed by atoms with Crippen LogP contribution in [0.1, 0.15) is 19.0 Å². The van der Waals surface area contributed by atoms with Crippen LogP contribution in [0.5, 0.6) is 0 Å². The van der Waals surface area contributed by atoms with E-state index in [4.69, 9.17) is 9.47 Å². The van der Waals surface area contributed by atoms with E-state index in [0.717, 1.165) is 32.7 Å². The van der Waals surface area contributed by atoms with Crippen LogP contribution in [0.4, 0.5) is 0 Å². The number of hydrogen-bond acceptors (Lipinski definition) is 3. The molecule has 0 spiro atoms. The van der Waals surface area contributed by atoms with Crippen LogP contribution >= 0.6 is 0 Å². The first-order chi connectivity index (χ1) is 8.38. The van der Waals surface area contributed by atoms with Crippen molar-refractivity contribution in [2.75, 3.05) is 33.5 Å². The molecule has 0 saturated heterocycles. The van der Waals surface area contributed by atoms with Crippen LogP contribution in [0.15, 0.2) is 18.3 Å². The van der Waals surface area contributed by atoms with Crippen LogP contribution in [0.25, 0.3) is 0 Å². The number of ether oxygens (including phenoxy) is 2. The maximum Gasteiger partial charge on any atom is 0.0700 e. The molecular weight excluding hydrogens is 216 g/mol. The molecule has 0 aromatic carbocycles. The smallest absolute Gasteiger partial charge is 0.0700 e. The molecule has 1 heterocycles. The second-order valence-corrected chi connectivity index (χ2v) is 3.93. The highest BCUT2D eigenvalue weighted by Crippen LogP contribution is 2.03. The molecule has 0 radical (unpaired) electrons. The number of aryl methyl sites for hydroxylation is 1. The number of aromatic nitrogens is 1. The predicted molar refractivity (Wildman–Crippen MR) is 69.1 cm³/mol. The van der Waals surface area contributed by atoms with Gasteiger partial charge in [-0.1, -0.05) is 6.92 Å². The minimum absolute atomic E-state index is 0.676. The SMILES string of the molecule is CCNCc1cccn1CCCOCCOC. The molecule has 0 unspecified atom stereocenters. The average Bonchev–Trinajstić information content (AvgIpc) is 2.78. The van der Waals surface area contributed by atoms with Crippen LogP contribution in [-0.2, 0) is 22.6 Å². The van der Waals surface area contributed by atoms with Crippen LogP contribution in [0, 0.1) is 0 Å². The highest BCUT2D eigenvalue weighted by molar-refractivity contribution is 5.06. The number of nitrogens with zero attached hydrogens (tertiary/aromatic N) is 1. The number of rotatable bonds is 10. The topological polar surface area (TPSA) is 35.4 Å². The van der Waals surface area contributed by atoms with Gasteiger partial charge in [-0.05, 0) is 25.1 Å². The first kappa shape index (κ1) is 14.2. The van der Waals surface area contributed by atoms with Gasteiger partial charge in [0, 0.05) is 38.7 Å². The zero-order valence-corrected chi connectivity index (χ0v) is 10.9. The number of methoxy groups -OCH3 is 1. The molecule has 0 fully saturated rings. The maximum atomic E-state index is 5.44. The van der Waals surface area contributed by atoms with Gasteiger partial charge in [-0.2, -0.15) is 0 Å². The summed E-state index contributed by atoms with van der Waals surface area (Å²) in [6.45, 7) is 7.24. The Kier molecular flexibility index (Phi) is 7.71. The third-order valence-corrected chi connectivity index (χ3v) is 2.60. The van der Waals surface area contributed by atoms with Gasteiger partial charge < -0.3 is 19.4 Å². The Morgan fingerprint density at radius 2 is 2.18 bits per heavy atom. The van der Waals surface area contributed by atoms with Gasteiger partial charge >= 0.3 is 0 Å². The van der Waals surface area contributed by atoms with Crippen molar-refractivity contribution in [3.8, 4) is 0 Å². The molecule has 0 bridgehead atoms. The lowest BCUT2D eigenvalue weighted by Gasteiger charge is -2.09. The van der Waals surface area contributed by atoms with Gasteiger partial charge in [-0.25, -0.2) is 0 Å². The highest BCUT2D eigenvalue weighted by Gasteiger charge is 1.99. The molecule has 0 aliphatic rings. The van der Waals surface area contributed by atoms with E-state index in [1.54, 1.807) is 7.11 Å². The summed E-state index contributed by atoms with van der Waals surface area (Å²) in [5, 5.41) is 3.34. The Morgan fingerprint density at radius 3 is 2.94 bits per heavy atom. The third-order valence-electron chi connectivity index (χ3n) is 2.60. The van der Waals surface area contributed by atoms with Crippen molar-refractivity contribution < 1.29 is 9.47 Å². The summed E-state index contributed by atoms with van der Waals surface area (Å²) in [6.07, 6.45) is 3.17. The van der Waals surface area contributed by atoms with E-state index in [1.807, 2.05) is 0 Å². The summed E-state index contributed by atoms with van der Waals surface area (Å²) in [4.78, 5) is 0. The zero-order chi connectivity index (χ0) is 12.3. The monoisotopic (exact) mass is 240 g/mol. The van der Waals surface area contributed by atoms with Crippen LogP contribution in [0.2, 0.25) is 0 Å². The Labute approximate surface area is 104 Å². The number of hydrogen-bond donors (Lipinski definition) is 1. The fraction of sp³-hybridized carbons (Fsp3) is 0.692. The van der Waals surface area contributed by atoms with Crippen molar-refractivity contribution in [2.24, 2.45) is 0 Å². The predicted octanol–water partition coefficient (Wildman–Crippen LogP) is 1.65. The van der Waals surface area contributed by atoms with Crippen molar-refractivity contribution >= 4 is 0 Å². The molecule has 0 aliphatic heterocycles. The molecule has 17 heavy (non-hydrogen) atoms. The van der Waals surface area contributed by atoms with E-state index in [1.165, 1.54) is 5.69 Å². The minimum Gasteiger partial charge on any atom is -0.382 e. The van der Waals surface area contributed by atoms with Gasteiger partial charge in [0.2, 0.25) is 0 Å². The zero-order valence-electron chi connectivity index (χ0n) is 10.9. The Balaban J connectivity index is 2.15. The summed E-state index contributed by atoms with van der Waals surface area (Å²) in [5.41, 5.74) is 1.34. The van der Waals surface area contributed by atoms with Crippen LogP contribution in [-0.4, -0.2) is 38.0 Å². The summed E-state index contributed by atoms with van der Waals surface area (Å²) in [7, 11) is 1.69. The molecule has 1 aromatic rings. The summed E-state index contributed by atoms with van der Waals surface area (Å²) >= 11 is 0. The lowest BCUT2D eigenvalue weighted by Crippen LogP contribution is -2.15. The van der Waals surface area contributed by atoms with E-state index < -0.39 is 0 Å². The van der Waals surface area contributed by atoms with Crippen molar-refractivity contribution in [2.45, 2.75) is 26.4 Å². The molecule has 1 N–H and O–H groups in total. The molecular formula is C13H24N2O2. The second kappa shape index (κ2) is 9.22. The quantitative estimate of drug-likeness (QED) is 0.632. The van der Waals surface area contributed by atoms with Crippen molar-refractivity contribution in [3.63, 3.8) is 0 Å². The summed E-state index contributed by atoms with van der Waals surface area (Å²) in [6, 6.07) is 4.26. The van der Waals surface area contributed by atoms with Crippen LogP contribution in [0.3, 0.4) is 0 Å². The van der Waals surface area contributed by atoms with Gasteiger partial charge in [0.25, 0.3) is 0 Å². The van der Waals surface area contributed by atoms with Crippen LogP contribution < -0.4 is 5.32 Å². The standard InChI is InChI=1S/C13H24N2O2/c1-3-14-12-13-6-4-7-15(13)8-5-9-17-11-10-16-2/h4,6-7,14H,3,5,8-12H2,1-2H3. The molecule has 1 rings (SSSR count). The van der Waals surface area contributed by atoms with Crippen molar-refractivity contribution in [1.82, 2.24) is 9.88 Å². The lowest BCUT2D eigenvalue weighted by molar-refractivity contribution is 0.0679. The van der Waals surface area contributed by atoms with E-state index in [-0.39, 0.29) is 0 Å². The summed E-state index contributed by atoms with van der Waals surface area (Å²) in [5.74, 6) is 0. The highest BCUT2D eigenvalue weighted by atomic mass is 16.5.